The van der Waals surface area contributed by atoms with E-state index in [-0.39, 0.29) is 0 Å². The lowest BCUT2D eigenvalue weighted by molar-refractivity contribution is 0.311. The minimum absolute atomic E-state index is 0.457. The van der Waals surface area contributed by atoms with Crippen LogP contribution in [0.15, 0.2) is 0 Å². The zero-order valence-corrected chi connectivity index (χ0v) is 11.0. The fraction of sp³-hybridized carbons (Fsp3) is 0.786. The monoisotopic (exact) mass is 233 g/mol. The van der Waals surface area contributed by atoms with Gasteiger partial charge in [0.25, 0.3) is 0 Å². The molecule has 94 valence electrons. The van der Waals surface area contributed by atoms with Gasteiger partial charge < -0.3 is 5.32 Å². The van der Waals surface area contributed by atoms with E-state index >= 15 is 0 Å². The predicted molar refractivity (Wildman–Crippen MR) is 69.2 cm³/mol. The van der Waals surface area contributed by atoms with Crippen molar-refractivity contribution in [2.75, 3.05) is 13.1 Å². The molecule has 1 aliphatic carbocycles. The zero-order chi connectivity index (χ0) is 11.9. The van der Waals surface area contributed by atoms with Crippen LogP contribution in [-0.2, 0) is 12.8 Å². The maximum Gasteiger partial charge on any atom is 0.0688 e. The molecule has 0 bridgehead atoms. The Morgan fingerprint density at radius 3 is 2.76 bits per heavy atom. The van der Waals surface area contributed by atoms with Gasteiger partial charge in [0.2, 0.25) is 0 Å². The first-order chi connectivity index (χ1) is 8.16. The molecule has 2 heterocycles. The molecule has 1 aromatic rings. The number of H-pyrrole nitrogens is 1. The third-order valence-electron chi connectivity index (χ3n) is 4.42. The summed E-state index contributed by atoms with van der Waals surface area (Å²) in [5, 5.41) is 11.4. The lowest BCUT2D eigenvalue weighted by Gasteiger charge is -2.31. The highest BCUT2D eigenvalue weighted by atomic mass is 15.1. The van der Waals surface area contributed by atoms with Gasteiger partial charge in [0.15, 0.2) is 0 Å². The first-order valence-corrected chi connectivity index (χ1v) is 6.92. The van der Waals surface area contributed by atoms with Crippen LogP contribution in [-0.4, -0.2) is 23.3 Å². The Morgan fingerprint density at radius 2 is 2.00 bits per heavy atom. The second-order valence-electron chi connectivity index (χ2n) is 6.43. The van der Waals surface area contributed by atoms with Gasteiger partial charge in [0, 0.05) is 11.6 Å². The summed E-state index contributed by atoms with van der Waals surface area (Å²) in [4.78, 5) is 0. The van der Waals surface area contributed by atoms with Crippen LogP contribution in [0.25, 0.3) is 0 Å². The van der Waals surface area contributed by atoms with Crippen molar-refractivity contribution < 1.29 is 0 Å². The Bertz CT molecular complexity index is 400. The van der Waals surface area contributed by atoms with Gasteiger partial charge in [-0.15, -0.1) is 0 Å². The third-order valence-corrected chi connectivity index (χ3v) is 4.42. The summed E-state index contributed by atoms with van der Waals surface area (Å²) < 4.78 is 0. The molecule has 0 saturated carbocycles. The number of aromatic nitrogens is 2. The van der Waals surface area contributed by atoms with Crippen LogP contribution in [0.1, 0.15) is 56.0 Å². The van der Waals surface area contributed by atoms with Gasteiger partial charge in [0.05, 0.1) is 5.69 Å². The van der Waals surface area contributed by atoms with Crippen molar-refractivity contribution in [3.63, 3.8) is 0 Å². The van der Waals surface area contributed by atoms with E-state index in [1.807, 2.05) is 0 Å². The zero-order valence-electron chi connectivity index (χ0n) is 11.0. The van der Waals surface area contributed by atoms with Crippen molar-refractivity contribution >= 4 is 0 Å². The Hall–Kier alpha value is -0.830. The largest absolute Gasteiger partial charge is 0.317 e. The van der Waals surface area contributed by atoms with Crippen molar-refractivity contribution in [2.45, 2.75) is 51.9 Å². The molecule has 3 heteroatoms. The molecule has 17 heavy (non-hydrogen) atoms. The van der Waals surface area contributed by atoms with Crippen LogP contribution in [0, 0.1) is 5.41 Å². The van der Waals surface area contributed by atoms with Gasteiger partial charge in [0.1, 0.15) is 0 Å². The number of piperidine rings is 1. The Morgan fingerprint density at radius 1 is 1.24 bits per heavy atom. The number of rotatable bonds is 1. The number of nitrogens with one attached hydrogen (secondary N) is 2. The smallest absolute Gasteiger partial charge is 0.0688 e. The van der Waals surface area contributed by atoms with E-state index in [0.29, 0.717) is 11.3 Å². The maximum absolute atomic E-state index is 4.63. The van der Waals surface area contributed by atoms with Gasteiger partial charge in [-0.25, -0.2) is 0 Å². The topological polar surface area (TPSA) is 40.7 Å². The summed E-state index contributed by atoms with van der Waals surface area (Å²) in [6.07, 6.45) is 6.17. The lowest BCUT2D eigenvalue weighted by Crippen LogP contribution is -2.28. The summed E-state index contributed by atoms with van der Waals surface area (Å²) in [5.41, 5.74) is 4.80. The van der Waals surface area contributed by atoms with E-state index in [0.717, 1.165) is 13.1 Å². The molecule has 3 nitrogen and oxygen atoms in total. The van der Waals surface area contributed by atoms with E-state index < -0.39 is 0 Å². The van der Waals surface area contributed by atoms with Crippen LogP contribution >= 0.6 is 0 Å². The molecule has 1 fully saturated rings. The fourth-order valence-corrected chi connectivity index (χ4v) is 3.28. The van der Waals surface area contributed by atoms with Crippen LogP contribution in [0.2, 0.25) is 0 Å². The van der Waals surface area contributed by atoms with Crippen LogP contribution in [0.5, 0.6) is 0 Å². The first kappa shape index (κ1) is 11.3. The predicted octanol–water partition coefficient (Wildman–Crippen LogP) is 2.39. The summed E-state index contributed by atoms with van der Waals surface area (Å²) >= 11 is 0. The van der Waals surface area contributed by atoms with Crippen LogP contribution in [0.4, 0.5) is 0 Å². The molecule has 1 aromatic heterocycles. The number of hydrogen-bond acceptors (Lipinski definition) is 2. The second-order valence-corrected chi connectivity index (χ2v) is 6.43. The Labute approximate surface area is 103 Å². The highest BCUT2D eigenvalue weighted by molar-refractivity contribution is 5.32. The normalized spacial score (nSPS) is 24.6. The molecular formula is C14H23N3. The molecule has 0 atom stereocenters. The quantitative estimate of drug-likeness (QED) is 0.782. The van der Waals surface area contributed by atoms with E-state index in [9.17, 15) is 0 Å². The lowest BCUT2D eigenvalue weighted by atomic mass is 9.74. The van der Waals surface area contributed by atoms with Crippen LogP contribution in [0.3, 0.4) is 0 Å². The van der Waals surface area contributed by atoms with E-state index in [4.69, 9.17) is 0 Å². The van der Waals surface area contributed by atoms with Crippen molar-refractivity contribution in [2.24, 2.45) is 5.41 Å². The van der Waals surface area contributed by atoms with E-state index in [1.165, 1.54) is 43.5 Å². The average molecular weight is 233 g/mol. The highest BCUT2D eigenvalue weighted by Crippen LogP contribution is 2.38. The van der Waals surface area contributed by atoms with Crippen LogP contribution < -0.4 is 5.32 Å². The molecule has 0 amide bonds. The van der Waals surface area contributed by atoms with Crippen molar-refractivity contribution in [1.82, 2.24) is 15.5 Å². The van der Waals surface area contributed by atoms with Gasteiger partial charge in [-0.3, -0.25) is 5.10 Å². The summed E-state index contributed by atoms with van der Waals surface area (Å²) in [6.45, 7) is 7.07. The third kappa shape index (κ3) is 2.13. The molecule has 0 unspecified atom stereocenters. The molecule has 3 rings (SSSR count). The molecule has 2 aliphatic rings. The van der Waals surface area contributed by atoms with Crippen molar-refractivity contribution in [3.05, 3.63) is 17.0 Å². The fourth-order valence-electron chi connectivity index (χ4n) is 3.28. The summed E-state index contributed by atoms with van der Waals surface area (Å²) in [7, 11) is 0. The van der Waals surface area contributed by atoms with Gasteiger partial charge in [-0.2, -0.15) is 5.10 Å². The molecule has 0 aromatic carbocycles. The Kier molecular flexibility index (Phi) is 2.74. The van der Waals surface area contributed by atoms with Gasteiger partial charge in [-0.1, -0.05) is 13.8 Å². The summed E-state index contributed by atoms with van der Waals surface area (Å²) in [5.74, 6) is 0.685. The molecular weight excluding hydrogens is 210 g/mol. The van der Waals surface area contributed by atoms with Gasteiger partial charge >= 0.3 is 0 Å². The molecule has 1 aliphatic heterocycles. The standard InChI is InChI=1S/C14H23N3/c1-14(2)6-3-12-11(9-14)13(17-16-12)10-4-7-15-8-5-10/h10,15H,3-9H2,1-2H3,(H,16,17). The molecule has 0 radical (unpaired) electrons. The van der Waals surface area contributed by atoms with Gasteiger partial charge in [-0.05, 0) is 56.2 Å². The maximum atomic E-state index is 4.63. The van der Waals surface area contributed by atoms with E-state index in [2.05, 4.69) is 29.4 Å². The number of hydrogen-bond donors (Lipinski definition) is 2. The molecule has 0 spiro atoms. The minimum Gasteiger partial charge on any atom is -0.317 e. The average Bonchev–Trinajstić information content (AvgIpc) is 2.71. The first-order valence-electron chi connectivity index (χ1n) is 6.92. The number of nitrogens with zero attached hydrogens (tertiary/aromatic N) is 1. The van der Waals surface area contributed by atoms with E-state index in [1.54, 1.807) is 5.56 Å². The molecule has 1 saturated heterocycles. The summed E-state index contributed by atoms with van der Waals surface area (Å²) in [6, 6.07) is 0. The number of aryl methyl sites for hydroxylation is 1. The Balaban J connectivity index is 1.88. The number of fused-ring (bicyclic) bond motifs is 1. The number of aromatic amines is 1. The second kappa shape index (κ2) is 4.13. The SMILES string of the molecule is CC1(C)CCc2[nH]nc(C3CCNCC3)c2C1. The highest BCUT2D eigenvalue weighted by Gasteiger charge is 2.31. The molecule has 2 N–H and O–H groups in total. The van der Waals surface area contributed by atoms with Crippen molar-refractivity contribution in [1.29, 1.82) is 0 Å². The van der Waals surface area contributed by atoms with Crippen molar-refractivity contribution in [3.8, 4) is 0 Å². The minimum atomic E-state index is 0.457.